The van der Waals surface area contributed by atoms with Crippen molar-refractivity contribution in [2.45, 2.75) is 25.3 Å². The molecule has 0 unspecified atom stereocenters. The maximum absolute atomic E-state index is 12.8. The lowest BCUT2D eigenvalue weighted by atomic mass is 9.86. The van der Waals surface area contributed by atoms with Crippen LogP contribution < -0.4 is 0 Å². The molecule has 27 heavy (non-hydrogen) atoms. The number of hydrogen-bond donors (Lipinski definition) is 2. The summed E-state index contributed by atoms with van der Waals surface area (Å²) in [5.74, 6) is -1.96. The van der Waals surface area contributed by atoms with Crippen molar-refractivity contribution in [2.75, 3.05) is 39.4 Å². The summed E-state index contributed by atoms with van der Waals surface area (Å²) in [6, 6.07) is 3.24. The number of morpholine rings is 1. The molecule has 0 spiro atoms. The summed E-state index contributed by atoms with van der Waals surface area (Å²) in [6.45, 7) is 4.10. The lowest BCUT2D eigenvalue weighted by molar-refractivity contribution is -0.137. The molecule has 148 valence electrons. The van der Waals surface area contributed by atoms with Gasteiger partial charge in [-0.25, -0.2) is 4.79 Å². The lowest BCUT2D eigenvalue weighted by Crippen LogP contribution is -2.55. The number of nitrogens with zero attached hydrogens (tertiary/aromatic N) is 2. The van der Waals surface area contributed by atoms with E-state index in [1.54, 1.807) is 11.0 Å². The van der Waals surface area contributed by atoms with Crippen molar-refractivity contribution in [3.05, 3.63) is 21.9 Å². The molecule has 2 aliphatic rings. The van der Waals surface area contributed by atoms with Gasteiger partial charge in [0.1, 0.15) is 4.88 Å². The predicted molar refractivity (Wildman–Crippen MR) is 98.3 cm³/mol. The van der Waals surface area contributed by atoms with Gasteiger partial charge in [0.15, 0.2) is 0 Å². The van der Waals surface area contributed by atoms with Gasteiger partial charge in [-0.3, -0.25) is 14.5 Å². The van der Waals surface area contributed by atoms with Crippen LogP contribution in [0.25, 0.3) is 0 Å². The second-order valence-corrected chi connectivity index (χ2v) is 8.00. The molecule has 0 radical (unpaired) electrons. The maximum Gasteiger partial charge on any atom is 0.345 e. The first-order chi connectivity index (χ1) is 13.0. The van der Waals surface area contributed by atoms with Gasteiger partial charge in [0.2, 0.25) is 0 Å². The number of aromatic carboxylic acids is 1. The highest BCUT2D eigenvalue weighted by atomic mass is 32.1. The predicted octanol–water partition coefficient (Wildman–Crippen LogP) is 1.47. The molecule has 3 heterocycles. The number of amides is 1. The fraction of sp³-hybridized carbons (Fsp3) is 0.611. The van der Waals surface area contributed by atoms with Gasteiger partial charge in [0, 0.05) is 38.6 Å². The zero-order valence-corrected chi connectivity index (χ0v) is 15.8. The van der Waals surface area contributed by atoms with Crippen LogP contribution in [0.1, 0.15) is 38.6 Å². The number of carbonyl (C=O) groups excluding carboxylic acids is 1. The van der Waals surface area contributed by atoms with Gasteiger partial charge in [-0.05, 0) is 30.9 Å². The molecule has 2 saturated heterocycles. The van der Waals surface area contributed by atoms with Gasteiger partial charge in [0.25, 0.3) is 5.91 Å². The van der Waals surface area contributed by atoms with Gasteiger partial charge in [-0.2, -0.15) is 0 Å². The zero-order valence-electron chi connectivity index (χ0n) is 15.0. The van der Waals surface area contributed by atoms with E-state index in [0.717, 1.165) is 30.8 Å². The smallest absolute Gasteiger partial charge is 0.345 e. The molecule has 1 amide bonds. The minimum absolute atomic E-state index is 0.0791. The van der Waals surface area contributed by atoms with Crippen molar-refractivity contribution in [2.24, 2.45) is 5.92 Å². The third kappa shape index (κ3) is 4.85. The van der Waals surface area contributed by atoms with Gasteiger partial charge >= 0.3 is 11.9 Å². The minimum Gasteiger partial charge on any atom is -0.481 e. The quantitative estimate of drug-likeness (QED) is 0.750. The standard InChI is InChI=1S/C18H24N2O6S/c21-16(22)4-1-12-11-20(6-5-13(12)19-7-9-26-10-8-19)17(23)14-2-3-15(27-14)18(24)25/h2-3,12-13H,1,4-11H2,(H,21,22)(H,24,25)/t12-,13+/m1/s1. The van der Waals surface area contributed by atoms with Crippen LogP contribution in [0.3, 0.4) is 0 Å². The molecule has 0 aromatic carbocycles. The van der Waals surface area contributed by atoms with E-state index >= 15 is 0 Å². The Hall–Kier alpha value is -1.97. The van der Waals surface area contributed by atoms with Gasteiger partial charge in [0.05, 0.1) is 18.1 Å². The van der Waals surface area contributed by atoms with Gasteiger partial charge < -0.3 is 19.8 Å². The number of likely N-dealkylation sites (tertiary alicyclic amines) is 1. The van der Waals surface area contributed by atoms with E-state index in [4.69, 9.17) is 14.9 Å². The lowest BCUT2D eigenvalue weighted by Gasteiger charge is -2.45. The summed E-state index contributed by atoms with van der Waals surface area (Å²) in [5.41, 5.74) is 0. The molecule has 9 heteroatoms. The number of carbonyl (C=O) groups is 3. The topological polar surface area (TPSA) is 107 Å². The Bertz CT molecular complexity index is 700. The Morgan fingerprint density at radius 1 is 1.11 bits per heavy atom. The molecule has 2 fully saturated rings. The molecule has 2 N–H and O–H groups in total. The van der Waals surface area contributed by atoms with E-state index in [1.807, 2.05) is 0 Å². The van der Waals surface area contributed by atoms with E-state index in [9.17, 15) is 14.4 Å². The fourth-order valence-corrected chi connectivity index (χ4v) is 4.72. The molecule has 0 aliphatic carbocycles. The number of hydrogen-bond acceptors (Lipinski definition) is 6. The van der Waals surface area contributed by atoms with Crippen LogP contribution >= 0.6 is 11.3 Å². The number of piperidine rings is 1. The van der Waals surface area contributed by atoms with Crippen LogP contribution in [0.15, 0.2) is 12.1 Å². The average Bonchev–Trinajstić information content (AvgIpc) is 3.17. The highest BCUT2D eigenvalue weighted by Crippen LogP contribution is 2.29. The molecular weight excluding hydrogens is 372 g/mol. The maximum atomic E-state index is 12.8. The second-order valence-electron chi connectivity index (χ2n) is 6.92. The Morgan fingerprint density at radius 2 is 1.81 bits per heavy atom. The van der Waals surface area contributed by atoms with Crippen LogP contribution in [0, 0.1) is 5.92 Å². The van der Waals surface area contributed by atoms with Gasteiger partial charge in [-0.1, -0.05) is 0 Å². The number of thiophene rings is 1. The van der Waals surface area contributed by atoms with E-state index in [2.05, 4.69) is 4.90 Å². The summed E-state index contributed by atoms with van der Waals surface area (Å²) in [6.07, 6.45) is 1.38. The van der Waals surface area contributed by atoms with Crippen LogP contribution in [0.5, 0.6) is 0 Å². The molecular formula is C18H24N2O6S. The SMILES string of the molecule is O=C(O)CC[C@@H]1CN(C(=O)c2ccc(C(=O)O)s2)CC[C@@H]1N1CCOCC1. The van der Waals surface area contributed by atoms with Crippen LogP contribution in [0.2, 0.25) is 0 Å². The van der Waals surface area contributed by atoms with Gasteiger partial charge in [-0.15, -0.1) is 11.3 Å². The van der Waals surface area contributed by atoms with Crippen LogP contribution in [0.4, 0.5) is 0 Å². The zero-order chi connectivity index (χ0) is 19.4. The van der Waals surface area contributed by atoms with E-state index in [1.165, 1.54) is 6.07 Å². The monoisotopic (exact) mass is 396 g/mol. The highest BCUT2D eigenvalue weighted by Gasteiger charge is 2.36. The van der Waals surface area contributed by atoms with Crippen molar-refractivity contribution >= 4 is 29.2 Å². The Balaban J connectivity index is 1.69. The largest absolute Gasteiger partial charge is 0.481 e. The highest BCUT2D eigenvalue weighted by molar-refractivity contribution is 7.15. The summed E-state index contributed by atoms with van der Waals surface area (Å²) in [5, 5.41) is 18.1. The van der Waals surface area contributed by atoms with Crippen molar-refractivity contribution in [3.8, 4) is 0 Å². The normalized spacial score (nSPS) is 23.9. The summed E-state index contributed by atoms with van der Waals surface area (Å²) in [7, 11) is 0. The Labute approximate surface area is 161 Å². The van der Waals surface area contributed by atoms with Crippen molar-refractivity contribution in [1.82, 2.24) is 9.80 Å². The Morgan fingerprint density at radius 3 is 2.44 bits per heavy atom. The van der Waals surface area contributed by atoms with Crippen molar-refractivity contribution in [1.29, 1.82) is 0 Å². The van der Waals surface area contributed by atoms with Crippen molar-refractivity contribution < 1.29 is 29.3 Å². The van der Waals surface area contributed by atoms with E-state index in [-0.39, 0.29) is 29.2 Å². The number of carboxylic acid groups (broad SMARTS) is 2. The molecule has 0 bridgehead atoms. The molecule has 3 rings (SSSR count). The molecule has 1 aromatic heterocycles. The summed E-state index contributed by atoms with van der Waals surface area (Å²) < 4.78 is 5.42. The Kier molecular flexibility index (Phi) is 6.46. The van der Waals surface area contributed by atoms with E-state index < -0.39 is 11.9 Å². The third-order valence-electron chi connectivity index (χ3n) is 5.25. The van der Waals surface area contributed by atoms with Crippen LogP contribution in [-0.4, -0.2) is 83.3 Å². The first-order valence-corrected chi connectivity index (χ1v) is 9.93. The summed E-state index contributed by atoms with van der Waals surface area (Å²) >= 11 is 0.979. The molecule has 2 atom stereocenters. The van der Waals surface area contributed by atoms with Crippen molar-refractivity contribution in [3.63, 3.8) is 0 Å². The first-order valence-electron chi connectivity index (χ1n) is 9.11. The van der Waals surface area contributed by atoms with E-state index in [0.29, 0.717) is 37.6 Å². The number of carboxylic acids is 2. The molecule has 1 aromatic rings. The third-order valence-corrected chi connectivity index (χ3v) is 6.31. The number of rotatable bonds is 6. The number of ether oxygens (including phenoxy) is 1. The molecule has 8 nitrogen and oxygen atoms in total. The summed E-state index contributed by atoms with van der Waals surface area (Å²) in [4.78, 5) is 39.5. The minimum atomic E-state index is -1.04. The molecule has 0 saturated carbocycles. The average molecular weight is 396 g/mol. The first kappa shape index (κ1) is 19.8. The fourth-order valence-electron chi connectivity index (χ4n) is 3.91. The number of aliphatic carboxylic acids is 1. The van der Waals surface area contributed by atoms with Crippen LogP contribution in [-0.2, 0) is 9.53 Å². The second kappa shape index (κ2) is 8.81. The molecule has 2 aliphatic heterocycles.